The summed E-state index contributed by atoms with van der Waals surface area (Å²) in [4.78, 5) is 3.82. The quantitative estimate of drug-likeness (QED) is 0.943. The molecule has 0 aliphatic rings. The Labute approximate surface area is 118 Å². The molecule has 0 saturated carbocycles. The molecule has 1 aromatic heterocycles. The van der Waals surface area contributed by atoms with Crippen LogP contribution in [0.25, 0.3) is 0 Å². The van der Waals surface area contributed by atoms with Crippen LogP contribution in [0.5, 0.6) is 5.75 Å². The van der Waals surface area contributed by atoms with Gasteiger partial charge < -0.3 is 10.5 Å². The van der Waals surface area contributed by atoms with E-state index in [-0.39, 0.29) is 17.9 Å². The van der Waals surface area contributed by atoms with Crippen molar-refractivity contribution in [2.24, 2.45) is 0 Å². The first kappa shape index (κ1) is 14.7. The summed E-state index contributed by atoms with van der Waals surface area (Å²) in [6.07, 6.45) is -3.17. The van der Waals surface area contributed by atoms with Crippen LogP contribution in [-0.2, 0) is 12.8 Å². The third-order valence-corrected chi connectivity index (χ3v) is 2.66. The smallest absolute Gasteiger partial charge is 0.420 e. The summed E-state index contributed by atoms with van der Waals surface area (Å²) >= 11 is 0. The van der Waals surface area contributed by atoms with Crippen LogP contribution >= 0.6 is 0 Å². The minimum Gasteiger partial charge on any atom is -0.488 e. The Morgan fingerprint density at radius 3 is 2.57 bits per heavy atom. The van der Waals surface area contributed by atoms with Crippen LogP contribution in [0, 0.1) is 11.3 Å². The number of alkyl halides is 3. The highest BCUT2D eigenvalue weighted by Crippen LogP contribution is 2.37. The Balaban J connectivity index is 2.23. The fourth-order valence-corrected chi connectivity index (χ4v) is 1.63. The number of rotatable bonds is 3. The van der Waals surface area contributed by atoms with Gasteiger partial charge in [-0.15, -0.1) is 0 Å². The number of nitrogens with two attached hydrogens (primary N) is 1. The van der Waals surface area contributed by atoms with Crippen molar-refractivity contribution < 1.29 is 17.9 Å². The van der Waals surface area contributed by atoms with Gasteiger partial charge in [-0.25, -0.2) is 4.98 Å². The van der Waals surface area contributed by atoms with Crippen LogP contribution in [0.3, 0.4) is 0 Å². The molecule has 0 saturated heterocycles. The van der Waals surface area contributed by atoms with Crippen molar-refractivity contribution in [2.75, 3.05) is 5.73 Å². The molecule has 2 rings (SSSR count). The van der Waals surface area contributed by atoms with E-state index in [1.165, 1.54) is 18.3 Å². The molecule has 4 nitrogen and oxygen atoms in total. The first-order valence-electron chi connectivity index (χ1n) is 5.84. The van der Waals surface area contributed by atoms with Gasteiger partial charge in [0.2, 0.25) is 0 Å². The Bertz CT molecular complexity index is 675. The average molecular weight is 293 g/mol. The highest BCUT2D eigenvalue weighted by Gasteiger charge is 2.34. The number of aromatic nitrogens is 1. The van der Waals surface area contributed by atoms with E-state index in [0.717, 1.165) is 12.1 Å². The Kier molecular flexibility index (Phi) is 3.98. The summed E-state index contributed by atoms with van der Waals surface area (Å²) in [7, 11) is 0. The zero-order valence-electron chi connectivity index (χ0n) is 10.7. The van der Waals surface area contributed by atoms with Gasteiger partial charge in [-0.3, -0.25) is 0 Å². The van der Waals surface area contributed by atoms with E-state index in [2.05, 4.69) is 4.98 Å². The van der Waals surface area contributed by atoms with E-state index in [0.29, 0.717) is 11.4 Å². The summed E-state index contributed by atoms with van der Waals surface area (Å²) in [5.41, 5.74) is 4.94. The largest absolute Gasteiger partial charge is 0.488 e. The van der Waals surface area contributed by atoms with Crippen molar-refractivity contribution in [2.45, 2.75) is 12.8 Å². The molecule has 0 radical (unpaired) electrons. The van der Waals surface area contributed by atoms with Gasteiger partial charge in [0.1, 0.15) is 18.2 Å². The minimum absolute atomic E-state index is 0.0798. The molecule has 0 aliphatic carbocycles. The molecular weight excluding hydrogens is 283 g/mol. The first-order chi connectivity index (χ1) is 9.90. The number of pyridine rings is 1. The minimum atomic E-state index is -4.60. The van der Waals surface area contributed by atoms with E-state index in [1.54, 1.807) is 12.1 Å². The predicted octanol–water partition coefficient (Wildman–Crippen LogP) is 3.13. The van der Waals surface area contributed by atoms with Crippen molar-refractivity contribution in [1.29, 1.82) is 5.26 Å². The molecule has 0 amide bonds. The standard InChI is InChI=1S/C14H10F3N3O/c15-14(16,17)11-5-9(6-18)1-3-12(11)21-8-10-2-4-13(19)20-7-10/h1-5,7H,8H2,(H2,19,20). The predicted molar refractivity (Wildman–Crippen MR) is 69.1 cm³/mol. The summed E-state index contributed by atoms with van der Waals surface area (Å²) in [5, 5.41) is 8.67. The molecule has 2 N–H and O–H groups in total. The van der Waals surface area contributed by atoms with Crippen molar-refractivity contribution in [3.8, 4) is 11.8 Å². The second-order valence-electron chi connectivity index (χ2n) is 4.20. The van der Waals surface area contributed by atoms with Crippen molar-refractivity contribution in [1.82, 2.24) is 4.98 Å². The van der Waals surface area contributed by atoms with Crippen LogP contribution < -0.4 is 10.5 Å². The third kappa shape index (κ3) is 3.63. The lowest BCUT2D eigenvalue weighted by Crippen LogP contribution is -2.09. The van der Waals surface area contributed by atoms with Crippen molar-refractivity contribution >= 4 is 5.82 Å². The van der Waals surface area contributed by atoms with Gasteiger partial charge in [0.05, 0.1) is 17.2 Å². The number of hydrogen-bond donors (Lipinski definition) is 1. The SMILES string of the molecule is N#Cc1ccc(OCc2ccc(N)nc2)c(C(F)(F)F)c1. The Hall–Kier alpha value is -2.75. The normalized spacial score (nSPS) is 11.0. The second-order valence-corrected chi connectivity index (χ2v) is 4.20. The summed E-state index contributed by atoms with van der Waals surface area (Å²) in [5.74, 6) is -0.0218. The highest BCUT2D eigenvalue weighted by molar-refractivity contribution is 5.43. The molecule has 0 atom stereocenters. The summed E-state index contributed by atoms with van der Waals surface area (Å²) in [6, 6.07) is 7.97. The van der Waals surface area contributed by atoms with Crippen LogP contribution in [0.15, 0.2) is 36.5 Å². The Morgan fingerprint density at radius 2 is 2.00 bits per heavy atom. The van der Waals surface area contributed by atoms with Crippen LogP contribution in [0.4, 0.5) is 19.0 Å². The molecule has 0 spiro atoms. The van der Waals surface area contributed by atoms with E-state index < -0.39 is 11.7 Å². The van der Waals surface area contributed by atoms with E-state index in [9.17, 15) is 13.2 Å². The lowest BCUT2D eigenvalue weighted by molar-refractivity contribution is -0.139. The van der Waals surface area contributed by atoms with E-state index >= 15 is 0 Å². The molecule has 0 bridgehead atoms. The number of halogens is 3. The Morgan fingerprint density at radius 1 is 1.24 bits per heavy atom. The molecule has 0 unspecified atom stereocenters. The zero-order chi connectivity index (χ0) is 15.5. The van der Waals surface area contributed by atoms with Gasteiger partial charge in [-0.05, 0) is 24.3 Å². The third-order valence-electron chi connectivity index (χ3n) is 2.66. The number of ether oxygens (including phenoxy) is 1. The van der Waals surface area contributed by atoms with Gasteiger partial charge >= 0.3 is 6.18 Å². The fraction of sp³-hybridized carbons (Fsp3) is 0.143. The lowest BCUT2D eigenvalue weighted by atomic mass is 10.1. The molecule has 0 fully saturated rings. The number of nitrogens with zero attached hydrogens (tertiary/aromatic N) is 2. The molecule has 7 heteroatoms. The van der Waals surface area contributed by atoms with Gasteiger partial charge in [0, 0.05) is 11.8 Å². The molecule has 108 valence electrons. The maximum absolute atomic E-state index is 12.9. The molecule has 2 aromatic rings. The van der Waals surface area contributed by atoms with Crippen LogP contribution in [-0.4, -0.2) is 4.98 Å². The second kappa shape index (κ2) is 5.71. The number of benzene rings is 1. The summed E-state index contributed by atoms with van der Waals surface area (Å²) < 4.78 is 44.0. The average Bonchev–Trinajstić information content (AvgIpc) is 2.45. The van der Waals surface area contributed by atoms with Gasteiger partial charge in [-0.1, -0.05) is 6.07 Å². The maximum Gasteiger partial charge on any atom is 0.420 e. The molecule has 1 aromatic carbocycles. The number of hydrogen-bond acceptors (Lipinski definition) is 4. The first-order valence-corrected chi connectivity index (χ1v) is 5.84. The molecule has 1 heterocycles. The molecular formula is C14H10F3N3O. The molecule has 0 aliphatic heterocycles. The van der Waals surface area contributed by atoms with Gasteiger partial charge in [0.15, 0.2) is 0 Å². The zero-order valence-corrected chi connectivity index (χ0v) is 10.7. The van der Waals surface area contributed by atoms with E-state index in [4.69, 9.17) is 15.7 Å². The number of nitrogen functional groups attached to an aromatic ring is 1. The van der Waals surface area contributed by atoms with Crippen LogP contribution in [0.2, 0.25) is 0 Å². The fourth-order valence-electron chi connectivity index (χ4n) is 1.63. The topological polar surface area (TPSA) is 71.9 Å². The van der Waals surface area contributed by atoms with E-state index in [1.807, 2.05) is 0 Å². The molecule has 21 heavy (non-hydrogen) atoms. The van der Waals surface area contributed by atoms with Gasteiger partial charge in [-0.2, -0.15) is 18.4 Å². The monoisotopic (exact) mass is 293 g/mol. The van der Waals surface area contributed by atoms with Crippen LogP contribution in [0.1, 0.15) is 16.7 Å². The van der Waals surface area contributed by atoms with Gasteiger partial charge in [0.25, 0.3) is 0 Å². The van der Waals surface area contributed by atoms with Crippen molar-refractivity contribution in [3.63, 3.8) is 0 Å². The highest BCUT2D eigenvalue weighted by atomic mass is 19.4. The van der Waals surface area contributed by atoms with Crippen molar-refractivity contribution in [3.05, 3.63) is 53.2 Å². The maximum atomic E-state index is 12.9. The number of anilines is 1. The lowest BCUT2D eigenvalue weighted by Gasteiger charge is -2.14. The number of nitriles is 1. The summed E-state index contributed by atoms with van der Waals surface area (Å²) in [6.45, 7) is -0.0811.